The summed E-state index contributed by atoms with van der Waals surface area (Å²) in [4.78, 5) is 19.9. The summed E-state index contributed by atoms with van der Waals surface area (Å²) in [5.41, 5.74) is -0.149. The number of rotatable bonds is 5. The zero-order valence-electron chi connectivity index (χ0n) is 8.16. The molecule has 0 aliphatic rings. The second-order valence-electron chi connectivity index (χ2n) is 2.86. The van der Waals surface area contributed by atoms with Gasteiger partial charge >= 0.3 is 0 Å². The fourth-order valence-corrected chi connectivity index (χ4v) is 1.35. The van der Waals surface area contributed by atoms with E-state index in [-0.39, 0.29) is 5.56 Å². The first-order valence-electron chi connectivity index (χ1n) is 4.64. The Morgan fingerprint density at radius 1 is 1.64 bits per heavy atom. The molecule has 1 heterocycles. The summed E-state index contributed by atoms with van der Waals surface area (Å²) in [5, 5.41) is 0. The summed E-state index contributed by atoms with van der Waals surface area (Å²) in [6, 6.07) is 0. The normalized spacial score (nSPS) is 10.1. The van der Waals surface area contributed by atoms with Gasteiger partial charge in [-0.15, -0.1) is 11.6 Å². The molecule has 0 saturated heterocycles. The number of aromatic amines is 1. The number of nitrogens with zero attached hydrogens (tertiary/aromatic N) is 2. The minimum Gasteiger partial charge on any atom is -0.352 e. The Morgan fingerprint density at radius 2 is 2.43 bits per heavy atom. The van der Waals surface area contributed by atoms with Crippen LogP contribution in [-0.4, -0.2) is 28.9 Å². The van der Waals surface area contributed by atoms with E-state index in [2.05, 4.69) is 9.97 Å². The van der Waals surface area contributed by atoms with Crippen molar-refractivity contribution in [3.05, 3.63) is 22.7 Å². The first-order valence-corrected chi connectivity index (χ1v) is 5.17. The van der Waals surface area contributed by atoms with E-state index in [4.69, 9.17) is 11.6 Å². The molecule has 1 aromatic rings. The fraction of sp³-hybridized carbons (Fsp3) is 0.556. The first kappa shape index (κ1) is 11.0. The molecule has 78 valence electrons. The van der Waals surface area contributed by atoms with Crippen LogP contribution in [0.1, 0.15) is 13.3 Å². The first-order chi connectivity index (χ1) is 6.79. The van der Waals surface area contributed by atoms with Crippen LogP contribution in [-0.2, 0) is 0 Å². The van der Waals surface area contributed by atoms with Crippen LogP contribution in [0.3, 0.4) is 0 Å². The Kier molecular flexibility index (Phi) is 4.46. The minimum absolute atomic E-state index is 0.149. The van der Waals surface area contributed by atoms with Crippen LogP contribution < -0.4 is 10.5 Å². The van der Waals surface area contributed by atoms with E-state index in [1.165, 1.54) is 6.20 Å². The topological polar surface area (TPSA) is 49.0 Å². The van der Waals surface area contributed by atoms with Gasteiger partial charge in [-0.25, -0.2) is 4.98 Å². The zero-order chi connectivity index (χ0) is 10.4. The van der Waals surface area contributed by atoms with E-state index in [1.807, 2.05) is 11.8 Å². The second kappa shape index (κ2) is 5.65. The number of hydrogen-bond donors (Lipinski definition) is 1. The number of hydrogen-bond acceptors (Lipinski definition) is 3. The molecule has 1 N–H and O–H groups in total. The molecule has 0 aromatic carbocycles. The summed E-state index contributed by atoms with van der Waals surface area (Å²) >= 11 is 5.60. The van der Waals surface area contributed by atoms with Crippen LogP contribution in [0.15, 0.2) is 17.2 Å². The van der Waals surface area contributed by atoms with E-state index in [0.29, 0.717) is 11.7 Å². The SMILES string of the molecule is CCN(CCCCl)c1ncc[nH]c1=O. The molecule has 1 aromatic heterocycles. The Morgan fingerprint density at radius 3 is 3.00 bits per heavy atom. The van der Waals surface area contributed by atoms with Gasteiger partial charge in [-0.3, -0.25) is 4.79 Å². The minimum atomic E-state index is -0.149. The molecule has 5 heteroatoms. The van der Waals surface area contributed by atoms with Crippen LogP contribution in [0.5, 0.6) is 0 Å². The molecule has 0 aliphatic heterocycles. The number of nitrogens with one attached hydrogen (secondary N) is 1. The van der Waals surface area contributed by atoms with Crippen molar-refractivity contribution in [2.24, 2.45) is 0 Å². The van der Waals surface area contributed by atoms with Crippen LogP contribution in [0.2, 0.25) is 0 Å². The average Bonchev–Trinajstić information content (AvgIpc) is 2.21. The maximum Gasteiger partial charge on any atom is 0.290 e. The fourth-order valence-electron chi connectivity index (χ4n) is 1.23. The number of aromatic nitrogens is 2. The largest absolute Gasteiger partial charge is 0.352 e. The zero-order valence-corrected chi connectivity index (χ0v) is 8.92. The highest BCUT2D eigenvalue weighted by atomic mass is 35.5. The standard InChI is InChI=1S/C9H14ClN3O/c1-2-13(7-3-4-10)8-9(14)12-6-5-11-8/h5-6H,2-4,7H2,1H3,(H,12,14). The maximum absolute atomic E-state index is 11.4. The molecule has 0 atom stereocenters. The van der Waals surface area contributed by atoms with Gasteiger partial charge < -0.3 is 9.88 Å². The van der Waals surface area contributed by atoms with Gasteiger partial charge in [0, 0.05) is 31.4 Å². The van der Waals surface area contributed by atoms with Crippen LogP contribution in [0.25, 0.3) is 0 Å². The van der Waals surface area contributed by atoms with Crippen molar-refractivity contribution in [1.29, 1.82) is 0 Å². The van der Waals surface area contributed by atoms with Crippen LogP contribution in [0.4, 0.5) is 5.82 Å². The summed E-state index contributed by atoms with van der Waals surface area (Å²) in [6.07, 6.45) is 3.97. The maximum atomic E-state index is 11.4. The molecule has 0 bridgehead atoms. The highest BCUT2D eigenvalue weighted by molar-refractivity contribution is 6.17. The Labute approximate surface area is 87.9 Å². The summed E-state index contributed by atoms with van der Waals surface area (Å²) in [5.74, 6) is 1.07. The molecular formula is C9H14ClN3O. The molecule has 0 unspecified atom stereocenters. The van der Waals surface area contributed by atoms with Crippen molar-refractivity contribution in [3.63, 3.8) is 0 Å². The lowest BCUT2D eigenvalue weighted by molar-refractivity contribution is 0.773. The van der Waals surface area contributed by atoms with Crippen molar-refractivity contribution < 1.29 is 0 Å². The molecule has 0 aliphatic carbocycles. The summed E-state index contributed by atoms with van der Waals surface area (Å²) in [6.45, 7) is 3.51. The molecule has 0 radical (unpaired) electrons. The van der Waals surface area contributed by atoms with E-state index < -0.39 is 0 Å². The third-order valence-corrected chi connectivity index (χ3v) is 2.20. The van der Waals surface area contributed by atoms with Gasteiger partial charge in [0.05, 0.1) is 0 Å². The van der Waals surface area contributed by atoms with Gasteiger partial charge in [0.25, 0.3) is 5.56 Å². The number of H-pyrrole nitrogens is 1. The van der Waals surface area contributed by atoms with Crippen molar-refractivity contribution in [1.82, 2.24) is 9.97 Å². The lowest BCUT2D eigenvalue weighted by atomic mass is 10.4. The molecule has 0 fully saturated rings. The Balaban J connectivity index is 2.78. The quantitative estimate of drug-likeness (QED) is 0.752. The summed E-state index contributed by atoms with van der Waals surface area (Å²) < 4.78 is 0. The highest BCUT2D eigenvalue weighted by Crippen LogP contribution is 2.03. The third-order valence-electron chi connectivity index (χ3n) is 1.93. The van der Waals surface area contributed by atoms with Crippen molar-refractivity contribution >= 4 is 17.4 Å². The molecule has 14 heavy (non-hydrogen) atoms. The monoisotopic (exact) mass is 215 g/mol. The van der Waals surface area contributed by atoms with Crippen LogP contribution in [0, 0.1) is 0 Å². The highest BCUT2D eigenvalue weighted by Gasteiger charge is 2.08. The van der Waals surface area contributed by atoms with Gasteiger partial charge in [-0.05, 0) is 13.3 Å². The number of anilines is 1. The Bertz CT molecular complexity index is 326. The van der Waals surface area contributed by atoms with E-state index in [1.54, 1.807) is 6.20 Å². The van der Waals surface area contributed by atoms with Gasteiger partial charge in [0.1, 0.15) is 0 Å². The molecule has 4 nitrogen and oxygen atoms in total. The van der Waals surface area contributed by atoms with E-state index >= 15 is 0 Å². The molecule has 0 saturated carbocycles. The van der Waals surface area contributed by atoms with Crippen LogP contribution >= 0.6 is 11.6 Å². The lowest BCUT2D eigenvalue weighted by Gasteiger charge is -2.19. The van der Waals surface area contributed by atoms with Gasteiger partial charge in [0.15, 0.2) is 5.82 Å². The number of alkyl halides is 1. The van der Waals surface area contributed by atoms with Crippen molar-refractivity contribution in [2.45, 2.75) is 13.3 Å². The lowest BCUT2D eigenvalue weighted by Crippen LogP contribution is -2.31. The smallest absolute Gasteiger partial charge is 0.290 e. The van der Waals surface area contributed by atoms with Gasteiger partial charge in [0.2, 0.25) is 0 Å². The average molecular weight is 216 g/mol. The third kappa shape index (κ3) is 2.73. The number of halogens is 1. The molecule has 1 rings (SSSR count). The summed E-state index contributed by atoms with van der Waals surface area (Å²) in [7, 11) is 0. The molecule has 0 amide bonds. The second-order valence-corrected chi connectivity index (χ2v) is 3.24. The molecular weight excluding hydrogens is 202 g/mol. The van der Waals surface area contributed by atoms with E-state index in [0.717, 1.165) is 19.5 Å². The van der Waals surface area contributed by atoms with Gasteiger partial charge in [-0.2, -0.15) is 0 Å². The van der Waals surface area contributed by atoms with Crippen molar-refractivity contribution in [3.8, 4) is 0 Å². The van der Waals surface area contributed by atoms with E-state index in [9.17, 15) is 4.79 Å². The molecule has 0 spiro atoms. The predicted molar refractivity (Wildman–Crippen MR) is 58.1 cm³/mol. The Hall–Kier alpha value is -1.03. The van der Waals surface area contributed by atoms with Crippen molar-refractivity contribution in [2.75, 3.05) is 23.9 Å². The van der Waals surface area contributed by atoms with Gasteiger partial charge in [-0.1, -0.05) is 0 Å². The predicted octanol–water partition coefficient (Wildman–Crippen LogP) is 1.23.